The molecule has 8 rings (SSSR count). The minimum atomic E-state index is -0.0374. The third-order valence-corrected chi connectivity index (χ3v) is 9.50. The van der Waals surface area contributed by atoms with Crippen molar-refractivity contribution >= 4 is 22.4 Å². The first-order valence-corrected chi connectivity index (χ1v) is 16.7. The highest BCUT2D eigenvalue weighted by molar-refractivity contribution is 6.14. The molecule has 0 aliphatic heterocycles. The summed E-state index contributed by atoms with van der Waals surface area (Å²) in [5, 5.41) is 11.1. The fourth-order valence-electron chi connectivity index (χ4n) is 6.79. The van der Waals surface area contributed by atoms with E-state index in [4.69, 9.17) is 11.1 Å². The zero-order valence-corrected chi connectivity index (χ0v) is 28.1. The number of rotatable bonds is 4. The Morgan fingerprint density at radius 1 is 0.531 bits per heavy atom. The Morgan fingerprint density at radius 3 is 1.76 bits per heavy atom. The maximum Gasteiger partial charge on any atom is 0.154 e. The largest absolute Gasteiger partial charge is 0.383 e. The Balaban J connectivity index is 0.000000483. The van der Waals surface area contributed by atoms with E-state index in [-0.39, 0.29) is 11.3 Å². The molecule has 0 atom stereocenters. The normalized spacial score (nSPS) is 12.8. The molecule has 7 aromatic carbocycles. The van der Waals surface area contributed by atoms with Crippen LogP contribution in [0.25, 0.3) is 44.2 Å². The van der Waals surface area contributed by atoms with Crippen molar-refractivity contribution in [2.45, 2.75) is 26.2 Å². The molecule has 1 aliphatic rings. The lowest BCUT2D eigenvalue weighted by atomic mass is 9.81. The molecule has 3 nitrogen and oxygen atoms in total. The Labute approximate surface area is 289 Å². The summed E-state index contributed by atoms with van der Waals surface area (Å²) in [6.45, 7) is 6.71. The first kappa shape index (κ1) is 31.5. The van der Waals surface area contributed by atoms with Gasteiger partial charge in [0.15, 0.2) is 5.84 Å². The highest BCUT2D eigenvalue weighted by Crippen LogP contribution is 2.49. The van der Waals surface area contributed by atoms with Crippen molar-refractivity contribution in [2.75, 3.05) is 0 Å². The van der Waals surface area contributed by atoms with Gasteiger partial charge in [-0.3, -0.25) is 5.41 Å². The number of nitrogens with zero attached hydrogens (tertiary/aromatic N) is 1. The molecular weight excluding hydrogens is 595 g/mol. The minimum absolute atomic E-state index is 0.0374. The van der Waals surface area contributed by atoms with Gasteiger partial charge in [0.25, 0.3) is 0 Å². The van der Waals surface area contributed by atoms with Crippen molar-refractivity contribution in [3.8, 4) is 33.4 Å². The highest BCUT2D eigenvalue weighted by Gasteiger charge is 2.35. The Bertz CT molecular complexity index is 2320. The van der Waals surface area contributed by atoms with Crippen LogP contribution in [0.15, 0.2) is 169 Å². The lowest BCUT2D eigenvalue weighted by Crippen LogP contribution is -2.16. The van der Waals surface area contributed by atoms with Crippen LogP contribution in [0.4, 0.5) is 0 Å². The van der Waals surface area contributed by atoms with E-state index < -0.39 is 0 Å². The van der Waals surface area contributed by atoms with Crippen LogP contribution in [0.5, 0.6) is 0 Å². The molecule has 0 spiro atoms. The number of nitrogens with two attached hydrogens (primary N) is 1. The summed E-state index contributed by atoms with van der Waals surface area (Å²) in [5.74, 6) is 0.471. The first-order valence-electron chi connectivity index (χ1n) is 16.7. The molecule has 7 aromatic rings. The quantitative estimate of drug-likeness (QED) is 0.147. The molecule has 3 N–H and O–H groups in total. The monoisotopic (exact) mass is 633 g/mol. The zero-order chi connectivity index (χ0) is 34.0. The maximum absolute atomic E-state index is 8.95. The predicted molar refractivity (Wildman–Crippen MR) is 208 cm³/mol. The number of aliphatic imine (C=N–C) groups is 1. The van der Waals surface area contributed by atoms with Gasteiger partial charge in [0.05, 0.1) is 0 Å². The number of aryl methyl sites for hydroxylation is 1. The van der Waals surface area contributed by atoms with E-state index in [1.165, 1.54) is 33.4 Å². The lowest BCUT2D eigenvalue weighted by molar-refractivity contribution is 0.660. The van der Waals surface area contributed by atoms with Crippen molar-refractivity contribution in [3.63, 3.8) is 0 Å². The number of fused-ring (bicyclic) bond motifs is 4. The van der Waals surface area contributed by atoms with Crippen LogP contribution in [0.3, 0.4) is 0 Å². The van der Waals surface area contributed by atoms with Crippen LogP contribution < -0.4 is 5.73 Å². The van der Waals surface area contributed by atoms with Crippen LogP contribution >= 0.6 is 0 Å². The van der Waals surface area contributed by atoms with Gasteiger partial charge in [-0.2, -0.15) is 0 Å². The Kier molecular flexibility index (Phi) is 8.50. The third-order valence-electron chi connectivity index (χ3n) is 9.50. The third kappa shape index (κ3) is 6.31. The second-order valence-electron chi connectivity index (χ2n) is 13.1. The fraction of sp³-hybridized carbons (Fsp3) is 0.0870. The van der Waals surface area contributed by atoms with Crippen molar-refractivity contribution in [1.29, 1.82) is 5.41 Å². The van der Waals surface area contributed by atoms with Gasteiger partial charge < -0.3 is 5.73 Å². The summed E-state index contributed by atoms with van der Waals surface area (Å²) in [5.41, 5.74) is 18.9. The molecule has 0 bridgehead atoms. The standard InChI is InChI=1S/C39H31N3.C7H8/c1-39(2)35-15-9-8-14-31(35)32-21-20-30(24-36(32)39)25-16-18-26(19-17-25)33-22-28-12-6-7-13-29(28)23-34(33)38(41)42-37(40)27-10-4-3-5-11-27;1-7-5-3-2-4-6-7/h3-24H,1-2H3,(H3,40,41,42);2-6H,1H3. The van der Waals surface area contributed by atoms with Gasteiger partial charge in [-0.15, -0.1) is 0 Å². The first-order chi connectivity index (χ1) is 23.8. The Morgan fingerprint density at radius 2 is 1.08 bits per heavy atom. The molecule has 0 saturated heterocycles. The molecule has 238 valence electrons. The van der Waals surface area contributed by atoms with Crippen molar-refractivity contribution in [3.05, 3.63) is 192 Å². The number of amidine groups is 2. The van der Waals surface area contributed by atoms with E-state index in [0.29, 0.717) is 5.84 Å². The smallest absolute Gasteiger partial charge is 0.154 e. The van der Waals surface area contributed by atoms with Gasteiger partial charge >= 0.3 is 0 Å². The zero-order valence-electron chi connectivity index (χ0n) is 28.1. The summed E-state index contributed by atoms with van der Waals surface area (Å²) in [6, 6.07) is 56.5. The fourth-order valence-corrected chi connectivity index (χ4v) is 6.79. The van der Waals surface area contributed by atoms with Gasteiger partial charge in [0.1, 0.15) is 5.84 Å². The van der Waals surface area contributed by atoms with Crippen LogP contribution in [0.1, 0.15) is 41.7 Å². The average molecular weight is 634 g/mol. The van der Waals surface area contributed by atoms with E-state index in [1.54, 1.807) is 0 Å². The molecule has 0 heterocycles. The minimum Gasteiger partial charge on any atom is -0.383 e. The molecule has 49 heavy (non-hydrogen) atoms. The van der Waals surface area contributed by atoms with Gasteiger partial charge in [0.2, 0.25) is 0 Å². The van der Waals surface area contributed by atoms with Gasteiger partial charge in [-0.05, 0) is 80.4 Å². The molecule has 0 fully saturated rings. The van der Waals surface area contributed by atoms with E-state index >= 15 is 0 Å². The highest BCUT2D eigenvalue weighted by atomic mass is 14.9. The lowest BCUT2D eigenvalue weighted by Gasteiger charge is -2.22. The van der Waals surface area contributed by atoms with Crippen LogP contribution in [0, 0.1) is 12.3 Å². The average Bonchev–Trinajstić information content (AvgIpc) is 3.37. The van der Waals surface area contributed by atoms with Gasteiger partial charge in [0, 0.05) is 16.5 Å². The second-order valence-corrected chi connectivity index (χ2v) is 13.1. The number of benzene rings is 7. The number of hydrogen-bond donors (Lipinski definition) is 2. The van der Waals surface area contributed by atoms with E-state index in [1.807, 2.05) is 66.7 Å². The summed E-state index contributed by atoms with van der Waals surface area (Å²) >= 11 is 0. The van der Waals surface area contributed by atoms with Crippen LogP contribution in [-0.2, 0) is 5.41 Å². The second kappa shape index (κ2) is 13.2. The van der Waals surface area contributed by atoms with Crippen LogP contribution in [-0.4, -0.2) is 11.7 Å². The van der Waals surface area contributed by atoms with Gasteiger partial charge in [-0.1, -0.05) is 165 Å². The molecule has 0 radical (unpaired) electrons. The molecule has 1 aliphatic carbocycles. The molecule has 0 saturated carbocycles. The predicted octanol–water partition coefficient (Wildman–Crippen LogP) is 11.2. The van der Waals surface area contributed by atoms with E-state index in [2.05, 4.69) is 123 Å². The summed E-state index contributed by atoms with van der Waals surface area (Å²) < 4.78 is 0. The summed E-state index contributed by atoms with van der Waals surface area (Å²) in [4.78, 5) is 4.52. The van der Waals surface area contributed by atoms with Gasteiger partial charge in [-0.25, -0.2) is 4.99 Å². The molecule has 0 aromatic heterocycles. The van der Waals surface area contributed by atoms with Crippen LogP contribution in [0.2, 0.25) is 0 Å². The van der Waals surface area contributed by atoms with Crippen molar-refractivity contribution in [1.82, 2.24) is 0 Å². The number of hydrogen-bond acceptors (Lipinski definition) is 1. The summed E-state index contributed by atoms with van der Waals surface area (Å²) in [6.07, 6.45) is 0. The van der Waals surface area contributed by atoms with Crippen molar-refractivity contribution in [2.24, 2.45) is 10.7 Å². The van der Waals surface area contributed by atoms with Crippen molar-refractivity contribution < 1.29 is 0 Å². The van der Waals surface area contributed by atoms with E-state index in [9.17, 15) is 0 Å². The van der Waals surface area contributed by atoms with E-state index in [0.717, 1.165) is 38.6 Å². The molecular formula is C46H39N3. The Hall–Kier alpha value is -6.06. The number of nitrogens with one attached hydrogen (secondary N) is 1. The molecule has 0 unspecified atom stereocenters. The maximum atomic E-state index is 8.95. The SMILES string of the molecule is CC1(C)c2ccccc2-c2ccc(-c3ccc(-c4cc5ccccc5cc4C(=N)N=C(N)c4ccccc4)cc3)cc21.Cc1ccccc1. The molecule has 0 amide bonds. The molecule has 3 heteroatoms. The summed E-state index contributed by atoms with van der Waals surface area (Å²) in [7, 11) is 0. The topological polar surface area (TPSA) is 62.2 Å².